The van der Waals surface area contributed by atoms with Gasteiger partial charge in [0.15, 0.2) is 5.96 Å². The summed E-state index contributed by atoms with van der Waals surface area (Å²) < 4.78 is 41.9. The Morgan fingerprint density at radius 3 is 2.60 bits per heavy atom. The third-order valence-corrected chi connectivity index (χ3v) is 4.32. The summed E-state index contributed by atoms with van der Waals surface area (Å²) in [5, 5.41) is 6.71. The van der Waals surface area contributed by atoms with Crippen LogP contribution in [0.1, 0.15) is 37.7 Å². The fourth-order valence-corrected chi connectivity index (χ4v) is 3.10. The molecule has 4 nitrogen and oxygen atoms in total. The lowest BCUT2D eigenvalue weighted by Crippen LogP contribution is -2.43. The molecule has 2 unspecified atom stereocenters. The Hall–Kier alpha value is -2.18. The van der Waals surface area contributed by atoms with Crippen molar-refractivity contribution in [1.29, 1.82) is 0 Å². The molecular weight excluding hydrogens is 331 g/mol. The number of hydrogen-bond donors (Lipinski definition) is 2. The van der Waals surface area contributed by atoms with Crippen LogP contribution >= 0.6 is 0 Å². The summed E-state index contributed by atoms with van der Waals surface area (Å²) in [5.41, 5.74) is 0.579. The van der Waals surface area contributed by atoms with E-state index in [1.54, 1.807) is 18.2 Å². The topological polar surface area (TPSA) is 45.7 Å². The molecule has 0 spiro atoms. The van der Waals surface area contributed by atoms with Crippen LogP contribution in [0, 0.1) is 0 Å². The van der Waals surface area contributed by atoms with E-state index in [1.165, 1.54) is 6.07 Å². The second-order valence-electron chi connectivity index (χ2n) is 6.29. The van der Waals surface area contributed by atoms with E-state index >= 15 is 0 Å². The lowest BCUT2D eigenvalue weighted by atomic mass is 10.1. The van der Waals surface area contributed by atoms with E-state index < -0.39 is 6.36 Å². The smallest absolute Gasteiger partial charge is 0.405 e. The first-order valence-corrected chi connectivity index (χ1v) is 8.53. The Labute approximate surface area is 145 Å². The van der Waals surface area contributed by atoms with Gasteiger partial charge in [-0.15, -0.1) is 13.2 Å². The van der Waals surface area contributed by atoms with Gasteiger partial charge >= 0.3 is 6.36 Å². The van der Waals surface area contributed by atoms with Crippen molar-refractivity contribution in [2.75, 3.05) is 6.54 Å². The van der Waals surface area contributed by atoms with Crippen molar-refractivity contribution < 1.29 is 17.9 Å². The first-order chi connectivity index (χ1) is 12.0. The number of ether oxygens (including phenoxy) is 1. The number of alkyl halides is 3. The van der Waals surface area contributed by atoms with Crippen molar-refractivity contribution in [3.8, 4) is 5.75 Å². The highest BCUT2D eigenvalue weighted by atomic mass is 19.4. The van der Waals surface area contributed by atoms with Crippen LogP contribution in [0.4, 0.5) is 13.2 Å². The number of halogens is 3. The molecule has 2 aliphatic carbocycles. The zero-order valence-electron chi connectivity index (χ0n) is 14.0. The number of rotatable bonds is 5. The molecule has 0 saturated heterocycles. The van der Waals surface area contributed by atoms with Gasteiger partial charge in [0.25, 0.3) is 0 Å². The summed E-state index contributed by atoms with van der Waals surface area (Å²) in [4.78, 5) is 4.43. The summed E-state index contributed by atoms with van der Waals surface area (Å²) in [5.74, 6) is 0.591. The minimum absolute atomic E-state index is 0.0101. The van der Waals surface area contributed by atoms with Crippen LogP contribution in [0.25, 0.3) is 0 Å². The average molecular weight is 353 g/mol. The second kappa shape index (κ2) is 7.37. The Bertz CT molecular complexity index is 649. The van der Waals surface area contributed by atoms with Gasteiger partial charge in [0.05, 0.1) is 0 Å². The minimum Gasteiger partial charge on any atom is -0.405 e. The fourth-order valence-electron chi connectivity index (χ4n) is 3.10. The van der Waals surface area contributed by atoms with E-state index in [4.69, 9.17) is 0 Å². The highest BCUT2D eigenvalue weighted by molar-refractivity contribution is 5.81. The van der Waals surface area contributed by atoms with Crippen molar-refractivity contribution in [3.05, 3.63) is 42.0 Å². The monoisotopic (exact) mass is 353 g/mol. The number of hydrogen-bond acceptors (Lipinski definition) is 2. The number of nitrogens with one attached hydrogen (secondary N) is 2. The third-order valence-electron chi connectivity index (χ3n) is 4.32. The highest BCUT2D eigenvalue weighted by Gasteiger charge is 2.42. The molecule has 7 heteroatoms. The summed E-state index contributed by atoms with van der Waals surface area (Å²) in [6, 6.07) is 6.73. The van der Waals surface area contributed by atoms with Crippen molar-refractivity contribution in [3.63, 3.8) is 0 Å². The molecule has 136 valence electrons. The Morgan fingerprint density at radius 2 is 1.92 bits per heavy atom. The van der Waals surface area contributed by atoms with Crippen LogP contribution in [0.3, 0.4) is 0 Å². The summed E-state index contributed by atoms with van der Waals surface area (Å²) in [6.45, 7) is 2.59. The van der Waals surface area contributed by atoms with Crippen LogP contribution in [0.2, 0.25) is 0 Å². The predicted octanol–water partition coefficient (Wildman–Crippen LogP) is 3.71. The summed E-state index contributed by atoms with van der Waals surface area (Å²) in [6.07, 6.45) is 2.25. The van der Waals surface area contributed by atoms with Crippen LogP contribution in [-0.2, 0) is 0 Å². The molecule has 3 rings (SSSR count). The Balaban J connectivity index is 1.63. The van der Waals surface area contributed by atoms with Crippen LogP contribution < -0.4 is 15.4 Å². The normalized spacial score (nSPS) is 23.6. The molecule has 1 aromatic rings. The van der Waals surface area contributed by atoms with Crippen LogP contribution in [0.5, 0.6) is 5.75 Å². The molecule has 0 heterocycles. The second-order valence-corrected chi connectivity index (χ2v) is 6.29. The molecule has 25 heavy (non-hydrogen) atoms. The number of aliphatic imine (C=N–C) groups is 1. The van der Waals surface area contributed by atoms with Crippen LogP contribution in [-0.4, -0.2) is 31.0 Å². The van der Waals surface area contributed by atoms with Crippen molar-refractivity contribution in [1.82, 2.24) is 10.6 Å². The first-order valence-electron chi connectivity index (χ1n) is 8.53. The number of para-hydroxylation sites is 1. The minimum atomic E-state index is -4.68. The Morgan fingerprint density at radius 1 is 1.20 bits per heavy atom. The molecule has 1 saturated carbocycles. The van der Waals surface area contributed by atoms with Gasteiger partial charge in [-0.05, 0) is 37.8 Å². The molecule has 0 bridgehead atoms. The molecule has 0 amide bonds. The van der Waals surface area contributed by atoms with Gasteiger partial charge in [-0.3, -0.25) is 4.99 Å². The predicted molar refractivity (Wildman–Crippen MR) is 90.7 cm³/mol. The number of benzene rings is 1. The molecule has 0 aromatic heterocycles. The lowest BCUT2D eigenvalue weighted by molar-refractivity contribution is -0.274. The van der Waals surface area contributed by atoms with E-state index in [-0.39, 0.29) is 17.7 Å². The van der Waals surface area contributed by atoms with E-state index in [2.05, 4.69) is 32.5 Å². The van der Waals surface area contributed by atoms with E-state index in [1.807, 2.05) is 6.92 Å². The lowest BCUT2D eigenvalue weighted by Gasteiger charge is -2.18. The van der Waals surface area contributed by atoms with Gasteiger partial charge in [0.2, 0.25) is 0 Å². The first kappa shape index (κ1) is 17.6. The van der Waals surface area contributed by atoms with E-state index in [0.29, 0.717) is 18.2 Å². The van der Waals surface area contributed by atoms with E-state index in [0.717, 1.165) is 25.2 Å². The maximum absolute atomic E-state index is 12.6. The van der Waals surface area contributed by atoms with E-state index in [9.17, 15) is 13.2 Å². The number of guanidine groups is 1. The van der Waals surface area contributed by atoms with Crippen molar-refractivity contribution in [2.24, 2.45) is 4.99 Å². The number of nitrogens with zero attached hydrogens (tertiary/aromatic N) is 1. The Kier molecular flexibility index (Phi) is 5.20. The van der Waals surface area contributed by atoms with Gasteiger partial charge in [0.1, 0.15) is 5.75 Å². The standard InChI is InChI=1S/C18H22F3N3O/c1-2-22-17(23-12-7-3-4-8-12)24-15-11-14(15)13-9-5-6-10-16(13)25-18(19,20)21/h3-6,9-10,12,14-15H,2,7-8,11H2,1H3,(H2,22,23,24). The van der Waals surface area contributed by atoms with Crippen molar-refractivity contribution in [2.45, 2.75) is 50.6 Å². The fraction of sp³-hybridized carbons (Fsp3) is 0.500. The molecule has 0 aliphatic heterocycles. The summed E-state index contributed by atoms with van der Waals surface area (Å²) in [7, 11) is 0. The quantitative estimate of drug-likeness (QED) is 0.482. The molecule has 2 aliphatic rings. The maximum Gasteiger partial charge on any atom is 0.573 e. The molecular formula is C18H22F3N3O. The van der Waals surface area contributed by atoms with Gasteiger partial charge in [-0.1, -0.05) is 30.4 Å². The molecule has 2 N–H and O–H groups in total. The van der Waals surface area contributed by atoms with Gasteiger partial charge in [0, 0.05) is 24.5 Å². The van der Waals surface area contributed by atoms with Gasteiger partial charge in [-0.2, -0.15) is 0 Å². The third kappa shape index (κ3) is 4.90. The summed E-state index contributed by atoms with van der Waals surface area (Å²) >= 11 is 0. The highest BCUT2D eigenvalue weighted by Crippen LogP contribution is 2.45. The van der Waals surface area contributed by atoms with Gasteiger partial charge in [-0.25, -0.2) is 0 Å². The van der Waals surface area contributed by atoms with Gasteiger partial charge < -0.3 is 15.4 Å². The van der Waals surface area contributed by atoms with Crippen molar-refractivity contribution >= 4 is 5.96 Å². The molecule has 1 fully saturated rings. The molecule has 0 radical (unpaired) electrons. The zero-order chi connectivity index (χ0) is 17.9. The average Bonchev–Trinajstić information content (AvgIpc) is 3.09. The van der Waals surface area contributed by atoms with Crippen LogP contribution in [0.15, 0.2) is 41.4 Å². The molecule has 2 atom stereocenters. The zero-order valence-corrected chi connectivity index (χ0v) is 14.0. The SMILES string of the molecule is CCN=C(NC1CC=CC1)NC1CC1c1ccccc1OC(F)(F)F. The largest absolute Gasteiger partial charge is 0.573 e. The molecule has 1 aromatic carbocycles. The maximum atomic E-state index is 12.6.